The minimum Gasteiger partial charge on any atom is -0.303 e. The van der Waals surface area contributed by atoms with E-state index < -0.39 is 0 Å². The highest BCUT2D eigenvalue weighted by Crippen LogP contribution is 2.38. The molecular formula is C15H23NOS. The maximum Gasteiger partial charge on any atom is 0.127 e. The molecule has 100 valence electrons. The molecule has 0 bridgehead atoms. The van der Waals surface area contributed by atoms with Gasteiger partial charge in [-0.15, -0.1) is 0 Å². The average molecular weight is 265 g/mol. The first-order valence-electron chi connectivity index (χ1n) is 6.79. The van der Waals surface area contributed by atoms with E-state index in [0.717, 1.165) is 25.9 Å². The van der Waals surface area contributed by atoms with Gasteiger partial charge in [0, 0.05) is 18.5 Å². The topological polar surface area (TPSA) is 20.3 Å². The summed E-state index contributed by atoms with van der Waals surface area (Å²) in [7, 11) is 2.13. The van der Waals surface area contributed by atoms with Crippen molar-refractivity contribution in [2.45, 2.75) is 39.2 Å². The van der Waals surface area contributed by atoms with Crippen LogP contribution in [0.3, 0.4) is 0 Å². The standard InChI is InChI=1S/C15H23NOS/c1-13-4-3-6-15(8-13,12-17)11-16(2)9-14-5-7-18-10-14/h5,7,10,12-13H,3-4,6,8-9,11H2,1-2H3. The lowest BCUT2D eigenvalue weighted by Gasteiger charge is -2.38. The SMILES string of the molecule is CC1CCCC(C=O)(CN(C)Cc2ccsc2)C1. The van der Waals surface area contributed by atoms with Crippen molar-refractivity contribution in [3.8, 4) is 0 Å². The smallest absolute Gasteiger partial charge is 0.127 e. The fourth-order valence-electron chi connectivity index (χ4n) is 3.28. The largest absolute Gasteiger partial charge is 0.303 e. The highest BCUT2D eigenvalue weighted by Gasteiger charge is 2.35. The molecule has 2 unspecified atom stereocenters. The number of rotatable bonds is 5. The Bertz CT molecular complexity index is 376. The summed E-state index contributed by atoms with van der Waals surface area (Å²) in [6, 6.07) is 2.16. The zero-order valence-electron chi connectivity index (χ0n) is 11.4. The van der Waals surface area contributed by atoms with Crippen LogP contribution in [0.2, 0.25) is 0 Å². The fourth-order valence-corrected chi connectivity index (χ4v) is 3.94. The minimum absolute atomic E-state index is 0.0948. The molecule has 1 saturated carbocycles. The molecule has 1 aromatic rings. The van der Waals surface area contributed by atoms with Gasteiger partial charge in [-0.2, -0.15) is 11.3 Å². The molecule has 0 radical (unpaired) electrons. The van der Waals surface area contributed by atoms with Gasteiger partial charge in [0.1, 0.15) is 6.29 Å². The van der Waals surface area contributed by atoms with Crippen LogP contribution in [0.15, 0.2) is 16.8 Å². The first-order chi connectivity index (χ1) is 8.63. The normalized spacial score (nSPS) is 28.5. The zero-order valence-corrected chi connectivity index (χ0v) is 12.2. The van der Waals surface area contributed by atoms with Crippen LogP contribution in [0.5, 0.6) is 0 Å². The van der Waals surface area contributed by atoms with Gasteiger partial charge in [0.15, 0.2) is 0 Å². The Morgan fingerprint density at radius 1 is 1.61 bits per heavy atom. The van der Waals surface area contributed by atoms with E-state index in [-0.39, 0.29) is 5.41 Å². The van der Waals surface area contributed by atoms with Crippen LogP contribution in [0, 0.1) is 11.3 Å². The molecule has 2 nitrogen and oxygen atoms in total. The molecule has 0 spiro atoms. The van der Waals surface area contributed by atoms with Crippen molar-refractivity contribution in [1.82, 2.24) is 4.90 Å². The second-order valence-corrected chi connectivity index (χ2v) is 6.77. The number of aldehydes is 1. The van der Waals surface area contributed by atoms with Crippen LogP contribution in [0.1, 0.15) is 38.2 Å². The van der Waals surface area contributed by atoms with Crippen LogP contribution in [-0.2, 0) is 11.3 Å². The quantitative estimate of drug-likeness (QED) is 0.759. The predicted octanol–water partition coefficient (Wildman–Crippen LogP) is 3.58. The molecular weight excluding hydrogens is 242 g/mol. The maximum atomic E-state index is 11.5. The van der Waals surface area contributed by atoms with Crippen molar-refractivity contribution in [3.63, 3.8) is 0 Å². The number of hydrogen-bond donors (Lipinski definition) is 0. The van der Waals surface area contributed by atoms with Crippen LogP contribution >= 0.6 is 11.3 Å². The van der Waals surface area contributed by atoms with Crippen molar-refractivity contribution < 1.29 is 4.79 Å². The van der Waals surface area contributed by atoms with Crippen LogP contribution in [-0.4, -0.2) is 24.8 Å². The molecule has 18 heavy (non-hydrogen) atoms. The third-order valence-corrected chi connectivity index (χ3v) is 4.73. The monoisotopic (exact) mass is 265 g/mol. The summed E-state index contributed by atoms with van der Waals surface area (Å²) in [5.74, 6) is 0.693. The van der Waals surface area contributed by atoms with Gasteiger partial charge in [-0.05, 0) is 48.2 Å². The van der Waals surface area contributed by atoms with Crippen molar-refractivity contribution in [2.24, 2.45) is 11.3 Å². The Kier molecular flexibility index (Phi) is 4.57. The number of carbonyl (C=O) groups excluding carboxylic acids is 1. The second kappa shape index (κ2) is 5.98. The van der Waals surface area contributed by atoms with Crippen LogP contribution in [0.25, 0.3) is 0 Å². The number of carbonyl (C=O) groups is 1. The van der Waals surface area contributed by atoms with Crippen LogP contribution < -0.4 is 0 Å². The third-order valence-electron chi connectivity index (χ3n) is 3.99. The first kappa shape index (κ1) is 13.8. The van der Waals surface area contributed by atoms with Gasteiger partial charge in [0.05, 0.1) is 0 Å². The molecule has 0 N–H and O–H groups in total. The molecule has 0 aliphatic heterocycles. The molecule has 0 aromatic carbocycles. The summed E-state index contributed by atoms with van der Waals surface area (Å²) in [6.07, 6.45) is 5.84. The molecule has 0 amide bonds. The molecule has 2 rings (SSSR count). The molecule has 1 heterocycles. The predicted molar refractivity (Wildman–Crippen MR) is 76.8 cm³/mol. The van der Waals surface area contributed by atoms with E-state index in [4.69, 9.17) is 0 Å². The number of nitrogens with zero attached hydrogens (tertiary/aromatic N) is 1. The van der Waals surface area contributed by atoms with E-state index in [2.05, 4.69) is 35.7 Å². The van der Waals surface area contributed by atoms with E-state index in [1.165, 1.54) is 24.7 Å². The van der Waals surface area contributed by atoms with E-state index >= 15 is 0 Å². The lowest BCUT2D eigenvalue weighted by molar-refractivity contribution is -0.119. The average Bonchev–Trinajstić information content (AvgIpc) is 2.81. The lowest BCUT2D eigenvalue weighted by Crippen LogP contribution is -2.40. The second-order valence-electron chi connectivity index (χ2n) is 5.99. The molecule has 3 heteroatoms. The first-order valence-corrected chi connectivity index (χ1v) is 7.74. The molecule has 1 aliphatic rings. The van der Waals surface area contributed by atoms with Gasteiger partial charge in [-0.3, -0.25) is 0 Å². The summed E-state index contributed by atoms with van der Waals surface area (Å²) in [4.78, 5) is 13.8. The Morgan fingerprint density at radius 2 is 2.44 bits per heavy atom. The van der Waals surface area contributed by atoms with E-state index in [9.17, 15) is 4.79 Å². The van der Waals surface area contributed by atoms with Gasteiger partial charge in [0.25, 0.3) is 0 Å². The maximum absolute atomic E-state index is 11.5. The van der Waals surface area contributed by atoms with Crippen molar-refractivity contribution in [2.75, 3.05) is 13.6 Å². The van der Waals surface area contributed by atoms with Crippen molar-refractivity contribution in [3.05, 3.63) is 22.4 Å². The van der Waals surface area contributed by atoms with Crippen LogP contribution in [0.4, 0.5) is 0 Å². The molecule has 1 aliphatic carbocycles. The van der Waals surface area contributed by atoms with Gasteiger partial charge < -0.3 is 9.69 Å². The Morgan fingerprint density at radius 3 is 3.06 bits per heavy atom. The van der Waals surface area contributed by atoms with Gasteiger partial charge in [-0.1, -0.05) is 19.8 Å². The number of hydrogen-bond acceptors (Lipinski definition) is 3. The third kappa shape index (κ3) is 3.42. The zero-order chi connectivity index (χ0) is 13.0. The lowest BCUT2D eigenvalue weighted by atomic mass is 9.71. The van der Waals surface area contributed by atoms with E-state index in [1.807, 2.05) is 0 Å². The molecule has 2 atom stereocenters. The molecule has 1 aromatic heterocycles. The summed E-state index contributed by atoms with van der Waals surface area (Å²) in [5.41, 5.74) is 1.26. The van der Waals surface area contributed by atoms with Gasteiger partial charge in [-0.25, -0.2) is 0 Å². The van der Waals surface area contributed by atoms with E-state index in [0.29, 0.717) is 5.92 Å². The minimum atomic E-state index is -0.0948. The Balaban J connectivity index is 1.94. The Labute approximate surface area is 114 Å². The summed E-state index contributed by atoms with van der Waals surface area (Å²) >= 11 is 1.74. The highest BCUT2D eigenvalue weighted by molar-refractivity contribution is 7.07. The summed E-state index contributed by atoms with van der Waals surface area (Å²) in [5, 5.41) is 4.30. The summed E-state index contributed by atoms with van der Waals surface area (Å²) < 4.78 is 0. The molecule has 0 saturated heterocycles. The van der Waals surface area contributed by atoms with Gasteiger partial charge in [0.2, 0.25) is 0 Å². The molecule has 1 fully saturated rings. The number of thiophene rings is 1. The van der Waals surface area contributed by atoms with Crippen molar-refractivity contribution >= 4 is 17.6 Å². The van der Waals surface area contributed by atoms with E-state index in [1.54, 1.807) is 11.3 Å². The summed E-state index contributed by atoms with van der Waals surface area (Å²) in [6.45, 7) is 4.13. The Hall–Kier alpha value is -0.670. The van der Waals surface area contributed by atoms with Gasteiger partial charge >= 0.3 is 0 Å². The highest BCUT2D eigenvalue weighted by atomic mass is 32.1. The van der Waals surface area contributed by atoms with Crippen molar-refractivity contribution in [1.29, 1.82) is 0 Å². The fraction of sp³-hybridized carbons (Fsp3) is 0.667.